The number of fused-ring (bicyclic) bond motifs is 1. The molecule has 0 unspecified atom stereocenters. The summed E-state index contributed by atoms with van der Waals surface area (Å²) in [5, 5.41) is 18.5. The Hall–Kier alpha value is -2.93. The molecule has 2 aromatic heterocycles. The van der Waals surface area contributed by atoms with Gasteiger partial charge in [-0.25, -0.2) is 9.78 Å². The number of benzene rings is 1. The lowest BCUT2D eigenvalue weighted by atomic mass is 10.3. The zero-order chi connectivity index (χ0) is 17.1. The minimum atomic E-state index is -0.645. The van der Waals surface area contributed by atoms with Gasteiger partial charge in [-0.05, 0) is 31.2 Å². The smallest absolute Gasteiger partial charge is 0.360 e. The summed E-state index contributed by atoms with van der Waals surface area (Å²) in [7, 11) is 0. The zero-order valence-electron chi connectivity index (χ0n) is 12.7. The number of imidazole rings is 1. The fraction of sp³-hybridized carbons (Fsp3) is 0.125. The summed E-state index contributed by atoms with van der Waals surface area (Å²) < 4.78 is 6.45. The first-order valence-electron chi connectivity index (χ1n) is 7.15. The van der Waals surface area contributed by atoms with E-state index in [1.54, 1.807) is 43.5 Å². The molecule has 0 spiro atoms. The number of azo groups is 1. The Bertz CT molecular complexity index is 936. The average molecular weight is 345 g/mol. The number of pyridine rings is 1. The van der Waals surface area contributed by atoms with Gasteiger partial charge in [0.05, 0.1) is 11.6 Å². The van der Waals surface area contributed by atoms with Gasteiger partial charge >= 0.3 is 5.97 Å². The first kappa shape index (κ1) is 15.9. The molecule has 0 fully saturated rings. The zero-order valence-corrected chi connectivity index (χ0v) is 13.4. The Labute approximate surface area is 142 Å². The van der Waals surface area contributed by atoms with Crippen molar-refractivity contribution in [1.82, 2.24) is 9.38 Å². The topological polar surface area (TPSA) is 88.5 Å². The third-order valence-corrected chi connectivity index (χ3v) is 3.50. The van der Waals surface area contributed by atoms with Crippen molar-refractivity contribution in [2.24, 2.45) is 10.2 Å². The fourth-order valence-electron chi connectivity index (χ4n) is 2.11. The number of hydrogen-bond acceptors (Lipinski definition) is 6. The van der Waals surface area contributed by atoms with Gasteiger partial charge in [-0.1, -0.05) is 23.7 Å². The van der Waals surface area contributed by atoms with Crippen molar-refractivity contribution in [3.8, 4) is 5.75 Å². The molecule has 3 rings (SSSR count). The molecular weight excluding hydrogens is 332 g/mol. The standard InChI is InChI=1S/C16H13ClN4O3/c1-2-24-16(23)13-15(20-19-11-7-4-3-6-10(11)17)21-9-5-8-12(22)14(21)18-13/h3-9,22H,2H2,1H3. The predicted molar refractivity (Wildman–Crippen MR) is 88.4 cm³/mol. The molecule has 122 valence electrons. The van der Waals surface area contributed by atoms with Crippen LogP contribution in [-0.2, 0) is 4.74 Å². The van der Waals surface area contributed by atoms with E-state index < -0.39 is 5.97 Å². The van der Waals surface area contributed by atoms with Gasteiger partial charge in [-0.15, -0.1) is 10.2 Å². The van der Waals surface area contributed by atoms with Gasteiger partial charge in [0.1, 0.15) is 5.69 Å². The van der Waals surface area contributed by atoms with Crippen LogP contribution in [0.25, 0.3) is 5.65 Å². The Morgan fingerprint density at radius 2 is 2.08 bits per heavy atom. The maximum absolute atomic E-state index is 12.1. The second kappa shape index (κ2) is 6.67. The number of nitrogens with zero attached hydrogens (tertiary/aromatic N) is 4. The quantitative estimate of drug-likeness (QED) is 0.565. The second-order valence-corrected chi connectivity index (χ2v) is 5.15. The van der Waals surface area contributed by atoms with Crippen LogP contribution in [0.3, 0.4) is 0 Å². The largest absolute Gasteiger partial charge is 0.504 e. The van der Waals surface area contributed by atoms with E-state index in [9.17, 15) is 9.90 Å². The predicted octanol–water partition coefficient (Wildman–Crippen LogP) is 4.29. The van der Waals surface area contributed by atoms with Crippen LogP contribution in [0, 0.1) is 0 Å². The van der Waals surface area contributed by atoms with E-state index in [2.05, 4.69) is 15.2 Å². The molecule has 0 atom stereocenters. The van der Waals surface area contributed by atoms with E-state index in [4.69, 9.17) is 16.3 Å². The van der Waals surface area contributed by atoms with Gasteiger partial charge in [0.2, 0.25) is 0 Å². The van der Waals surface area contributed by atoms with Crippen LogP contribution in [0.4, 0.5) is 11.5 Å². The third kappa shape index (κ3) is 2.93. The number of rotatable bonds is 4. The molecule has 0 saturated heterocycles. The normalized spacial score (nSPS) is 11.2. The van der Waals surface area contributed by atoms with Crippen molar-refractivity contribution >= 4 is 34.7 Å². The monoisotopic (exact) mass is 344 g/mol. The Morgan fingerprint density at radius 3 is 2.83 bits per heavy atom. The second-order valence-electron chi connectivity index (χ2n) is 4.74. The molecule has 0 aliphatic rings. The number of carbonyl (C=O) groups is 1. The SMILES string of the molecule is CCOC(=O)c1nc2c(O)cccn2c1N=Nc1ccccc1Cl. The highest BCUT2D eigenvalue weighted by Gasteiger charge is 2.21. The van der Waals surface area contributed by atoms with Crippen molar-refractivity contribution < 1.29 is 14.6 Å². The van der Waals surface area contributed by atoms with Crippen LogP contribution in [-0.4, -0.2) is 27.1 Å². The Kier molecular flexibility index (Phi) is 4.43. The Balaban J connectivity index is 2.14. The molecule has 0 amide bonds. The summed E-state index contributed by atoms with van der Waals surface area (Å²) in [6.07, 6.45) is 1.62. The first-order valence-corrected chi connectivity index (χ1v) is 7.53. The molecule has 1 aromatic carbocycles. The van der Waals surface area contributed by atoms with Crippen LogP contribution >= 0.6 is 11.6 Å². The number of esters is 1. The van der Waals surface area contributed by atoms with E-state index in [-0.39, 0.29) is 29.5 Å². The third-order valence-electron chi connectivity index (χ3n) is 3.18. The molecule has 0 aliphatic heterocycles. The molecule has 0 aliphatic carbocycles. The summed E-state index contributed by atoms with van der Waals surface area (Å²) >= 11 is 6.05. The highest BCUT2D eigenvalue weighted by molar-refractivity contribution is 6.32. The van der Waals surface area contributed by atoms with Gasteiger partial charge in [0, 0.05) is 6.20 Å². The average Bonchev–Trinajstić information content (AvgIpc) is 2.95. The highest BCUT2D eigenvalue weighted by Crippen LogP contribution is 2.30. The van der Waals surface area contributed by atoms with E-state index in [1.165, 1.54) is 10.5 Å². The minimum absolute atomic E-state index is 0.0332. The number of halogens is 1. The molecule has 2 heterocycles. The lowest BCUT2D eigenvalue weighted by Crippen LogP contribution is -2.05. The number of aromatic nitrogens is 2. The van der Waals surface area contributed by atoms with Gasteiger partial charge in [0.25, 0.3) is 0 Å². The maximum Gasteiger partial charge on any atom is 0.360 e. The summed E-state index contributed by atoms with van der Waals surface area (Å²) in [6.45, 7) is 1.88. The summed E-state index contributed by atoms with van der Waals surface area (Å²) in [5.74, 6) is -0.574. The lowest BCUT2D eigenvalue weighted by Gasteiger charge is -2.00. The van der Waals surface area contributed by atoms with E-state index in [0.29, 0.717) is 10.7 Å². The van der Waals surface area contributed by atoms with Crippen LogP contribution in [0.5, 0.6) is 5.75 Å². The van der Waals surface area contributed by atoms with Gasteiger partial charge in [0.15, 0.2) is 22.9 Å². The van der Waals surface area contributed by atoms with Crippen molar-refractivity contribution in [2.75, 3.05) is 6.61 Å². The summed E-state index contributed by atoms with van der Waals surface area (Å²) in [4.78, 5) is 16.2. The molecular formula is C16H13ClN4O3. The lowest BCUT2D eigenvalue weighted by molar-refractivity contribution is 0.0521. The van der Waals surface area contributed by atoms with Crippen molar-refractivity contribution in [3.63, 3.8) is 0 Å². The van der Waals surface area contributed by atoms with Crippen LogP contribution in [0.15, 0.2) is 52.8 Å². The van der Waals surface area contributed by atoms with Gasteiger partial charge in [-0.3, -0.25) is 4.40 Å². The molecule has 1 N–H and O–H groups in total. The van der Waals surface area contributed by atoms with Crippen molar-refractivity contribution in [3.05, 3.63) is 53.3 Å². The molecule has 0 saturated carbocycles. The summed E-state index contributed by atoms with van der Waals surface area (Å²) in [6, 6.07) is 9.99. The number of ether oxygens (including phenoxy) is 1. The Morgan fingerprint density at radius 1 is 1.29 bits per heavy atom. The molecule has 0 radical (unpaired) electrons. The number of carbonyl (C=O) groups excluding carboxylic acids is 1. The van der Waals surface area contributed by atoms with E-state index >= 15 is 0 Å². The molecule has 3 aromatic rings. The van der Waals surface area contributed by atoms with E-state index in [0.717, 1.165) is 0 Å². The van der Waals surface area contributed by atoms with Gasteiger partial charge in [-0.2, -0.15) is 0 Å². The molecule has 24 heavy (non-hydrogen) atoms. The maximum atomic E-state index is 12.1. The molecule has 7 nitrogen and oxygen atoms in total. The summed E-state index contributed by atoms with van der Waals surface area (Å²) in [5.41, 5.74) is 0.604. The van der Waals surface area contributed by atoms with Crippen LogP contribution in [0.2, 0.25) is 5.02 Å². The first-order chi connectivity index (χ1) is 11.6. The van der Waals surface area contributed by atoms with Crippen molar-refractivity contribution in [2.45, 2.75) is 6.92 Å². The minimum Gasteiger partial charge on any atom is -0.504 e. The number of aromatic hydroxyl groups is 1. The fourth-order valence-corrected chi connectivity index (χ4v) is 2.28. The molecule has 8 heteroatoms. The van der Waals surface area contributed by atoms with Crippen LogP contribution < -0.4 is 0 Å². The molecule has 0 bridgehead atoms. The van der Waals surface area contributed by atoms with Crippen molar-refractivity contribution in [1.29, 1.82) is 0 Å². The number of hydrogen-bond donors (Lipinski definition) is 1. The van der Waals surface area contributed by atoms with Gasteiger partial charge < -0.3 is 9.84 Å². The van der Waals surface area contributed by atoms with E-state index in [1.807, 2.05) is 0 Å². The highest BCUT2D eigenvalue weighted by atomic mass is 35.5. The van der Waals surface area contributed by atoms with Crippen LogP contribution in [0.1, 0.15) is 17.4 Å².